The Morgan fingerprint density at radius 1 is 0.189 bits per heavy atom. The van der Waals surface area contributed by atoms with Crippen molar-refractivity contribution in [3.8, 4) is 0 Å². The van der Waals surface area contributed by atoms with Gasteiger partial charge in [0.1, 0.15) is 0 Å². The first kappa shape index (κ1) is 84.0. The molecule has 10 atom stereocenters. The smallest absolute Gasteiger partial charge is 0.0499 e. The van der Waals surface area contributed by atoms with E-state index in [9.17, 15) is 0 Å². The summed E-state index contributed by atoms with van der Waals surface area (Å²) < 4.78 is 0. The van der Waals surface area contributed by atoms with Crippen molar-refractivity contribution in [2.24, 2.45) is 87.3 Å². The third-order valence-corrected chi connectivity index (χ3v) is 35.5. The molecule has 8 nitrogen and oxygen atoms in total. The Labute approximate surface area is 678 Å². The summed E-state index contributed by atoms with van der Waals surface area (Å²) in [5.41, 5.74) is 10.4. The van der Waals surface area contributed by atoms with Crippen molar-refractivity contribution >= 4 is 86.8 Å². The summed E-state index contributed by atoms with van der Waals surface area (Å²) in [6.45, 7) is 19.2. The zero-order chi connectivity index (χ0) is 76.7. The molecule has 602 valence electrons. The topological polar surface area (TPSA) is 98.9 Å². The van der Waals surface area contributed by atoms with E-state index < -0.39 is 15.8 Å². The average molecular weight is 1540 g/mol. The summed E-state index contributed by atoms with van der Waals surface area (Å²) in [6.07, 6.45) is 74.4. The molecule has 0 spiro atoms. The van der Waals surface area contributed by atoms with Crippen molar-refractivity contribution < 1.29 is 0 Å². The van der Waals surface area contributed by atoms with Crippen LogP contribution in [0.3, 0.4) is 0 Å². The molecule has 9 aliphatic carbocycles. The highest BCUT2D eigenvalue weighted by molar-refractivity contribution is 7.77. The van der Waals surface area contributed by atoms with Gasteiger partial charge in [0.25, 0.3) is 0 Å². The minimum atomic E-state index is -1.08. The van der Waals surface area contributed by atoms with Crippen LogP contribution >= 0.6 is 15.8 Å². The Morgan fingerprint density at radius 2 is 0.324 bits per heavy atom. The average Bonchev–Trinajstić information content (AvgIpc) is 1.73. The molecule has 0 saturated heterocycles. The molecule has 0 bridgehead atoms. The van der Waals surface area contributed by atoms with Crippen LogP contribution in [0, 0.1) is 47.3 Å². The van der Waals surface area contributed by atoms with Gasteiger partial charge in [-0.05, 0) is 384 Å². The van der Waals surface area contributed by atoms with Crippen LogP contribution in [0.2, 0.25) is 0 Å². The number of rotatable bonds is 30. The van der Waals surface area contributed by atoms with Gasteiger partial charge in [-0.2, -0.15) is 0 Å². The Balaban J connectivity index is 1.03. The van der Waals surface area contributed by atoms with Crippen LogP contribution in [-0.2, 0) is 0 Å². The molecular weight excluding hydrogens is 1390 g/mol. The maximum Gasteiger partial charge on any atom is 0.0499 e. The van der Waals surface area contributed by atoms with Crippen LogP contribution in [0.1, 0.15) is 376 Å². The van der Waals surface area contributed by atoms with E-state index in [0.29, 0.717) is 58.7 Å². The van der Waals surface area contributed by atoms with Crippen LogP contribution in [-0.4, -0.2) is 109 Å². The van der Waals surface area contributed by atoms with Gasteiger partial charge in [0, 0.05) is 98.1 Å². The standard InChI is InChI=1S/C101H148N8P2/c1-72(88-34-17-9-18-35-88)102-64-80-52-81(65-103-73(2)89-36-19-10-20-37-89)57-96(56-80)110(97-58-82(66-104-74(3)90-38-21-11-22-39-90)53-83(59-97)67-105-75(4)91-40-23-12-24-41-91)100-50-33-51-101(100)111(98-60-84(68-106-76(5)92-42-25-13-26-43-92)54-85(61-98)69-107-77(6)93-44-27-14-28-45-93)99-62-86(70-108-78(7)94-46-29-15-30-47-94)55-87(63-99)71-109-79(8)95-48-31-16-32-49-95/h52-79,88-95,100-101H,9-51H2,1-8H3/t72-,73-,74-,75-,76-,77-,78-,79-,100+,101+,110?,111?/m1/s1. The van der Waals surface area contributed by atoms with Gasteiger partial charge in [0.2, 0.25) is 0 Å². The van der Waals surface area contributed by atoms with Crippen LogP contribution < -0.4 is 21.2 Å². The summed E-state index contributed by atoms with van der Waals surface area (Å²) in [4.78, 5) is 44.9. The zero-order valence-electron chi connectivity index (χ0n) is 70.8. The monoisotopic (exact) mass is 1540 g/mol. The molecule has 0 amide bonds. The van der Waals surface area contributed by atoms with Crippen molar-refractivity contribution in [2.45, 2.75) is 391 Å². The Bertz CT molecular complexity index is 3060. The molecule has 9 aliphatic rings. The first-order valence-corrected chi connectivity index (χ1v) is 49.6. The fourth-order valence-corrected chi connectivity index (χ4v) is 29.0. The first-order valence-electron chi connectivity index (χ1n) is 46.7. The maximum absolute atomic E-state index is 5.61. The number of hydrogen-bond donors (Lipinski definition) is 0. The minimum Gasteiger partial charge on any atom is -0.289 e. The molecule has 9 saturated carbocycles. The minimum absolute atomic E-state index is 0.273. The summed E-state index contributed by atoms with van der Waals surface area (Å²) in [5, 5.41) is 5.80. The summed E-state index contributed by atoms with van der Waals surface area (Å²) in [7, 11) is -2.16. The molecule has 0 N–H and O–H groups in total. The van der Waals surface area contributed by atoms with Gasteiger partial charge in [-0.15, -0.1) is 0 Å². The van der Waals surface area contributed by atoms with E-state index in [0.717, 1.165) is 12.8 Å². The molecular formula is C101H148N8P2. The highest BCUT2D eigenvalue weighted by Crippen LogP contribution is 2.58. The highest BCUT2D eigenvalue weighted by Gasteiger charge is 2.42. The number of aliphatic imine (C=N–C) groups is 8. The Hall–Kier alpha value is -4.90. The Kier molecular flexibility index (Phi) is 32.8. The lowest BCUT2D eigenvalue weighted by Gasteiger charge is -2.36. The van der Waals surface area contributed by atoms with Gasteiger partial charge >= 0.3 is 0 Å². The normalized spacial score (nSPS) is 25.3. The molecule has 0 aliphatic heterocycles. The lowest BCUT2D eigenvalue weighted by atomic mass is 9.85. The van der Waals surface area contributed by atoms with Crippen molar-refractivity contribution in [3.63, 3.8) is 0 Å². The molecule has 0 aromatic heterocycles. The van der Waals surface area contributed by atoms with Crippen LogP contribution in [0.15, 0.2) is 113 Å². The summed E-state index contributed by atoms with van der Waals surface area (Å²) in [6, 6.07) is 33.0. The predicted molar refractivity (Wildman–Crippen MR) is 489 cm³/mol. The van der Waals surface area contributed by atoms with E-state index >= 15 is 0 Å². The van der Waals surface area contributed by atoms with Crippen LogP contribution in [0.25, 0.3) is 0 Å². The second-order valence-electron chi connectivity index (χ2n) is 37.6. The third kappa shape index (κ3) is 24.6. The molecule has 0 unspecified atom stereocenters. The Morgan fingerprint density at radius 3 is 0.459 bits per heavy atom. The van der Waals surface area contributed by atoms with Gasteiger partial charge in [-0.1, -0.05) is 161 Å². The van der Waals surface area contributed by atoms with Gasteiger partial charge in [-0.3, -0.25) is 39.9 Å². The fraction of sp³-hybridized carbons (Fsp3) is 0.683. The van der Waals surface area contributed by atoms with E-state index in [2.05, 4.69) is 178 Å². The molecule has 9 fully saturated rings. The second kappa shape index (κ2) is 43.3. The largest absolute Gasteiger partial charge is 0.289 e. The third-order valence-electron chi connectivity index (χ3n) is 29.4. The van der Waals surface area contributed by atoms with E-state index in [1.807, 2.05) is 0 Å². The summed E-state index contributed by atoms with van der Waals surface area (Å²) >= 11 is 0. The van der Waals surface area contributed by atoms with E-state index in [-0.39, 0.29) is 48.3 Å². The van der Waals surface area contributed by atoms with Gasteiger partial charge in [0.05, 0.1) is 0 Å². The molecule has 111 heavy (non-hydrogen) atoms. The molecule has 0 heterocycles. The predicted octanol–water partition coefficient (Wildman–Crippen LogP) is 25.3. The van der Waals surface area contributed by atoms with Gasteiger partial charge < -0.3 is 0 Å². The highest BCUT2D eigenvalue weighted by atomic mass is 31.1. The van der Waals surface area contributed by atoms with E-state index in [4.69, 9.17) is 39.9 Å². The zero-order valence-corrected chi connectivity index (χ0v) is 72.6. The second-order valence-corrected chi connectivity index (χ2v) is 42.4. The maximum atomic E-state index is 5.61. The lowest BCUT2D eigenvalue weighted by Crippen LogP contribution is -2.33. The van der Waals surface area contributed by atoms with Gasteiger partial charge in [0.15, 0.2) is 0 Å². The lowest BCUT2D eigenvalue weighted by molar-refractivity contribution is 0.318. The number of hydrogen-bond acceptors (Lipinski definition) is 8. The van der Waals surface area contributed by atoms with Gasteiger partial charge in [-0.25, -0.2) is 0 Å². The first-order chi connectivity index (χ1) is 54.3. The molecule has 4 aromatic carbocycles. The fourth-order valence-electron chi connectivity index (χ4n) is 21.9. The summed E-state index contributed by atoms with van der Waals surface area (Å²) in [5.74, 6) is 5.05. The number of nitrogens with zero attached hydrogens (tertiary/aromatic N) is 8. The molecule has 0 radical (unpaired) electrons. The van der Waals surface area contributed by atoms with Crippen LogP contribution in [0.5, 0.6) is 0 Å². The molecule has 10 heteroatoms. The SMILES string of the molecule is C[C@@H](N=Cc1cc(C=N[C@H](C)C2CCCCC2)cc(P(c2cc(C=N[C@H](C)C3CCCCC3)cc(C=N[C@H](C)C3CCCCC3)c2)[C@H]2CCC[C@@H]2P(c2cc(C=N[C@H](C)C3CCCCC3)cc(C=N[C@H](C)C3CCCCC3)c2)c2cc(C=N[C@H](C)C3CCCCC3)cc(C=N[C@H](C)C3CCCCC3)c2)c1)C1CCCCC1. The van der Waals surface area contributed by atoms with Crippen molar-refractivity contribution in [1.29, 1.82) is 0 Å². The number of benzene rings is 4. The van der Waals surface area contributed by atoms with E-state index in [1.165, 1.54) is 329 Å². The van der Waals surface area contributed by atoms with Crippen molar-refractivity contribution in [1.82, 2.24) is 0 Å². The van der Waals surface area contributed by atoms with E-state index in [1.54, 1.807) is 0 Å². The van der Waals surface area contributed by atoms with Crippen molar-refractivity contribution in [3.05, 3.63) is 117 Å². The van der Waals surface area contributed by atoms with Crippen LogP contribution in [0.4, 0.5) is 0 Å². The molecule has 4 aromatic rings. The quantitative estimate of drug-likeness (QED) is 0.0367. The van der Waals surface area contributed by atoms with Crippen molar-refractivity contribution in [2.75, 3.05) is 0 Å². The molecule has 13 rings (SSSR count).